The molecule has 0 aliphatic heterocycles. The van der Waals surface area contributed by atoms with Crippen LogP contribution in [-0.2, 0) is 0 Å². The topological polar surface area (TPSA) is 40.7 Å². The molecular weight excluding hydrogens is 198 g/mol. The van der Waals surface area contributed by atoms with Crippen molar-refractivity contribution in [3.05, 3.63) is 24.3 Å². The van der Waals surface area contributed by atoms with Gasteiger partial charge in [0.05, 0.1) is 11.0 Å². The van der Waals surface area contributed by atoms with Crippen molar-refractivity contribution in [2.45, 2.75) is 12.3 Å². The van der Waals surface area contributed by atoms with E-state index in [2.05, 4.69) is 15.3 Å². The third-order valence-corrected chi connectivity index (χ3v) is 2.09. The van der Waals surface area contributed by atoms with Crippen LogP contribution in [0.3, 0.4) is 0 Å². The number of H-pyrrole nitrogens is 1. The molecule has 4 heteroatoms. The minimum atomic E-state index is 0.100. The first-order valence-electron chi connectivity index (χ1n) is 4.58. The molecule has 1 heterocycles. The van der Waals surface area contributed by atoms with Crippen LogP contribution in [0.15, 0.2) is 24.3 Å². The fourth-order valence-electron chi connectivity index (χ4n) is 1.27. The van der Waals surface area contributed by atoms with Crippen molar-refractivity contribution in [1.82, 2.24) is 9.97 Å². The second kappa shape index (κ2) is 3.88. The first-order chi connectivity index (χ1) is 6.75. The molecule has 3 nitrogen and oxygen atoms in total. The van der Waals surface area contributed by atoms with Gasteiger partial charge in [-0.25, -0.2) is 4.98 Å². The standard InChI is InChI=1S/C10H12ClN3/c1-7(11)6-12-10-13-8-4-2-3-5-9(8)14-10/h2-5,7H,6H2,1H3,(H2,12,13,14). The number of aromatic amines is 1. The maximum Gasteiger partial charge on any atom is 0.201 e. The van der Waals surface area contributed by atoms with E-state index in [9.17, 15) is 0 Å². The van der Waals surface area contributed by atoms with Crippen LogP contribution >= 0.6 is 11.6 Å². The number of hydrogen-bond acceptors (Lipinski definition) is 2. The molecule has 0 aliphatic rings. The molecule has 0 radical (unpaired) electrons. The van der Waals surface area contributed by atoms with Crippen LogP contribution in [0.1, 0.15) is 6.92 Å². The van der Waals surface area contributed by atoms with Gasteiger partial charge in [0.15, 0.2) is 0 Å². The number of anilines is 1. The quantitative estimate of drug-likeness (QED) is 0.763. The summed E-state index contributed by atoms with van der Waals surface area (Å²) in [4.78, 5) is 7.53. The van der Waals surface area contributed by atoms with Crippen molar-refractivity contribution in [2.24, 2.45) is 0 Å². The van der Waals surface area contributed by atoms with Gasteiger partial charge in [0, 0.05) is 11.9 Å². The lowest BCUT2D eigenvalue weighted by atomic mass is 10.3. The van der Waals surface area contributed by atoms with Crippen molar-refractivity contribution in [1.29, 1.82) is 0 Å². The Morgan fingerprint density at radius 2 is 2.29 bits per heavy atom. The van der Waals surface area contributed by atoms with E-state index in [0.29, 0.717) is 6.54 Å². The Bertz CT molecular complexity index is 389. The number of nitrogens with one attached hydrogen (secondary N) is 2. The van der Waals surface area contributed by atoms with Gasteiger partial charge in [0.2, 0.25) is 5.95 Å². The van der Waals surface area contributed by atoms with Crippen LogP contribution in [0.25, 0.3) is 11.0 Å². The zero-order chi connectivity index (χ0) is 9.97. The molecule has 0 bridgehead atoms. The number of hydrogen-bond donors (Lipinski definition) is 2. The van der Waals surface area contributed by atoms with Gasteiger partial charge in [-0.05, 0) is 19.1 Å². The Kier molecular flexibility index (Phi) is 2.59. The van der Waals surface area contributed by atoms with E-state index < -0.39 is 0 Å². The fourth-order valence-corrected chi connectivity index (χ4v) is 1.35. The number of nitrogens with zero attached hydrogens (tertiary/aromatic N) is 1. The van der Waals surface area contributed by atoms with Gasteiger partial charge >= 0.3 is 0 Å². The van der Waals surface area contributed by atoms with Gasteiger partial charge in [0.25, 0.3) is 0 Å². The lowest BCUT2D eigenvalue weighted by Crippen LogP contribution is -2.11. The molecule has 2 aromatic rings. The Labute approximate surface area is 87.5 Å². The summed E-state index contributed by atoms with van der Waals surface area (Å²) in [5.41, 5.74) is 2.01. The van der Waals surface area contributed by atoms with Gasteiger partial charge in [-0.3, -0.25) is 0 Å². The van der Waals surface area contributed by atoms with Gasteiger partial charge < -0.3 is 10.3 Å². The average Bonchev–Trinajstić information content (AvgIpc) is 2.57. The van der Waals surface area contributed by atoms with E-state index in [1.165, 1.54) is 0 Å². The number of alkyl halides is 1. The summed E-state index contributed by atoms with van der Waals surface area (Å²) in [5.74, 6) is 0.777. The van der Waals surface area contributed by atoms with Crippen molar-refractivity contribution in [3.63, 3.8) is 0 Å². The van der Waals surface area contributed by atoms with Gasteiger partial charge in [-0.1, -0.05) is 12.1 Å². The number of halogens is 1. The number of para-hydroxylation sites is 2. The summed E-state index contributed by atoms with van der Waals surface area (Å²) in [7, 11) is 0. The normalized spacial score (nSPS) is 13.0. The van der Waals surface area contributed by atoms with Crippen LogP contribution < -0.4 is 5.32 Å². The van der Waals surface area contributed by atoms with Crippen molar-refractivity contribution < 1.29 is 0 Å². The molecule has 1 unspecified atom stereocenters. The largest absolute Gasteiger partial charge is 0.354 e. The molecule has 14 heavy (non-hydrogen) atoms. The van der Waals surface area contributed by atoms with Crippen molar-refractivity contribution in [2.75, 3.05) is 11.9 Å². The number of benzene rings is 1. The molecule has 1 atom stereocenters. The lowest BCUT2D eigenvalue weighted by Gasteiger charge is -2.02. The Balaban J connectivity index is 2.19. The van der Waals surface area contributed by atoms with Crippen molar-refractivity contribution in [3.8, 4) is 0 Å². The van der Waals surface area contributed by atoms with E-state index in [-0.39, 0.29) is 5.38 Å². The van der Waals surface area contributed by atoms with E-state index in [1.54, 1.807) is 0 Å². The number of rotatable bonds is 3. The molecule has 2 N–H and O–H groups in total. The Morgan fingerprint density at radius 3 is 3.00 bits per heavy atom. The molecule has 0 spiro atoms. The maximum absolute atomic E-state index is 5.82. The van der Waals surface area contributed by atoms with Crippen molar-refractivity contribution >= 4 is 28.6 Å². The zero-order valence-electron chi connectivity index (χ0n) is 7.92. The van der Waals surface area contributed by atoms with Crippen LogP contribution in [-0.4, -0.2) is 21.9 Å². The van der Waals surface area contributed by atoms with Gasteiger partial charge in [-0.2, -0.15) is 0 Å². The first-order valence-corrected chi connectivity index (χ1v) is 5.02. The van der Waals surface area contributed by atoms with Crippen LogP contribution in [0.4, 0.5) is 5.95 Å². The summed E-state index contributed by atoms with van der Waals surface area (Å²) in [5, 5.41) is 3.24. The van der Waals surface area contributed by atoms with Gasteiger partial charge in [0.1, 0.15) is 0 Å². The molecule has 0 saturated heterocycles. The zero-order valence-corrected chi connectivity index (χ0v) is 8.67. The number of aromatic nitrogens is 2. The monoisotopic (exact) mass is 209 g/mol. The third kappa shape index (κ3) is 1.99. The Morgan fingerprint density at radius 1 is 1.50 bits per heavy atom. The average molecular weight is 210 g/mol. The highest BCUT2D eigenvalue weighted by molar-refractivity contribution is 6.20. The van der Waals surface area contributed by atoms with Crippen LogP contribution in [0.5, 0.6) is 0 Å². The predicted octanol–water partition coefficient (Wildman–Crippen LogP) is 2.60. The maximum atomic E-state index is 5.82. The van der Waals surface area contributed by atoms with E-state index in [0.717, 1.165) is 17.0 Å². The SMILES string of the molecule is CC(Cl)CNc1nc2ccccc2[nH]1. The predicted molar refractivity (Wildman–Crippen MR) is 59.9 cm³/mol. The van der Waals surface area contributed by atoms with Gasteiger partial charge in [-0.15, -0.1) is 11.6 Å². The minimum absolute atomic E-state index is 0.100. The molecular formula is C10H12ClN3. The molecule has 0 saturated carbocycles. The summed E-state index contributed by atoms with van der Waals surface area (Å²) in [6.45, 7) is 2.65. The smallest absolute Gasteiger partial charge is 0.201 e. The molecule has 1 aromatic carbocycles. The fraction of sp³-hybridized carbons (Fsp3) is 0.300. The number of imidazole rings is 1. The molecule has 0 amide bonds. The van der Waals surface area contributed by atoms with E-state index >= 15 is 0 Å². The highest BCUT2D eigenvalue weighted by Gasteiger charge is 2.01. The first kappa shape index (κ1) is 9.34. The summed E-state index contributed by atoms with van der Waals surface area (Å²) < 4.78 is 0. The lowest BCUT2D eigenvalue weighted by molar-refractivity contribution is 0.972. The number of fused-ring (bicyclic) bond motifs is 1. The third-order valence-electron chi connectivity index (χ3n) is 1.94. The molecule has 1 aromatic heterocycles. The minimum Gasteiger partial charge on any atom is -0.354 e. The molecule has 74 valence electrons. The summed E-state index contributed by atoms with van der Waals surface area (Å²) >= 11 is 5.82. The summed E-state index contributed by atoms with van der Waals surface area (Å²) in [6.07, 6.45) is 0. The van der Waals surface area contributed by atoms with Crippen LogP contribution in [0.2, 0.25) is 0 Å². The van der Waals surface area contributed by atoms with E-state index in [1.807, 2.05) is 31.2 Å². The van der Waals surface area contributed by atoms with Crippen LogP contribution in [0, 0.1) is 0 Å². The molecule has 0 aliphatic carbocycles. The molecule has 2 rings (SSSR count). The highest BCUT2D eigenvalue weighted by Crippen LogP contribution is 2.13. The highest BCUT2D eigenvalue weighted by atomic mass is 35.5. The molecule has 0 fully saturated rings. The summed E-state index contributed by atoms with van der Waals surface area (Å²) in [6, 6.07) is 7.92. The second-order valence-corrected chi connectivity index (χ2v) is 4.01. The van der Waals surface area contributed by atoms with E-state index in [4.69, 9.17) is 11.6 Å². The Hall–Kier alpha value is -1.22. The second-order valence-electron chi connectivity index (χ2n) is 3.26.